The van der Waals surface area contributed by atoms with Crippen molar-refractivity contribution < 1.29 is 14.3 Å². The van der Waals surface area contributed by atoms with Gasteiger partial charge >= 0.3 is 0 Å². The van der Waals surface area contributed by atoms with Gasteiger partial charge in [0, 0.05) is 0 Å². The molecule has 2 aromatic rings. The molecule has 0 saturated carbocycles. The molecule has 0 aromatic heterocycles. The van der Waals surface area contributed by atoms with E-state index in [1.165, 1.54) is 0 Å². The number of ether oxygens (including phenoxy) is 2. The maximum Gasteiger partial charge on any atom is 0.277 e. The van der Waals surface area contributed by atoms with Crippen LogP contribution in [0.3, 0.4) is 0 Å². The van der Waals surface area contributed by atoms with Gasteiger partial charge < -0.3 is 9.47 Å². The highest BCUT2D eigenvalue weighted by Gasteiger charge is 2.06. The third-order valence-corrected chi connectivity index (χ3v) is 3.09. The van der Waals surface area contributed by atoms with E-state index in [4.69, 9.17) is 9.47 Å². The molecule has 1 N–H and O–H groups in total. The SMILES string of the molecule is CCOc1ccccc1OCC(=O)NN=Cc1ccccc1C. The summed E-state index contributed by atoms with van der Waals surface area (Å²) >= 11 is 0. The summed E-state index contributed by atoms with van der Waals surface area (Å²) in [6.07, 6.45) is 1.61. The summed E-state index contributed by atoms with van der Waals surface area (Å²) < 4.78 is 10.9. The Morgan fingerprint density at radius 3 is 2.43 bits per heavy atom. The van der Waals surface area contributed by atoms with Crippen molar-refractivity contribution in [2.45, 2.75) is 13.8 Å². The molecule has 0 radical (unpaired) electrons. The first kappa shape index (κ1) is 16.5. The Morgan fingerprint density at radius 1 is 1.09 bits per heavy atom. The highest BCUT2D eigenvalue weighted by atomic mass is 16.5. The van der Waals surface area contributed by atoms with Crippen LogP contribution in [0.4, 0.5) is 0 Å². The number of hydrogen-bond donors (Lipinski definition) is 1. The van der Waals surface area contributed by atoms with Gasteiger partial charge in [0.15, 0.2) is 18.1 Å². The fourth-order valence-electron chi connectivity index (χ4n) is 1.93. The number of carbonyl (C=O) groups is 1. The van der Waals surface area contributed by atoms with Crippen LogP contribution in [0.25, 0.3) is 0 Å². The van der Waals surface area contributed by atoms with Gasteiger partial charge in [-0.15, -0.1) is 0 Å². The van der Waals surface area contributed by atoms with Gasteiger partial charge in [-0.2, -0.15) is 5.10 Å². The van der Waals surface area contributed by atoms with E-state index in [2.05, 4.69) is 10.5 Å². The van der Waals surface area contributed by atoms with Crippen molar-refractivity contribution in [3.05, 3.63) is 59.7 Å². The Kier molecular flexibility index (Phi) is 6.17. The molecule has 0 bridgehead atoms. The van der Waals surface area contributed by atoms with E-state index in [0.29, 0.717) is 18.1 Å². The standard InChI is InChI=1S/C18H20N2O3/c1-3-22-16-10-6-7-11-17(16)23-13-18(21)20-19-12-15-9-5-4-8-14(15)2/h4-12H,3,13H2,1-2H3,(H,20,21). The Hall–Kier alpha value is -2.82. The van der Waals surface area contributed by atoms with Gasteiger partial charge in [0.05, 0.1) is 12.8 Å². The minimum Gasteiger partial charge on any atom is -0.490 e. The van der Waals surface area contributed by atoms with Crippen LogP contribution in [-0.4, -0.2) is 25.3 Å². The zero-order chi connectivity index (χ0) is 16.5. The fourth-order valence-corrected chi connectivity index (χ4v) is 1.93. The topological polar surface area (TPSA) is 59.9 Å². The maximum absolute atomic E-state index is 11.8. The van der Waals surface area contributed by atoms with Gasteiger partial charge in [-0.3, -0.25) is 4.79 Å². The Morgan fingerprint density at radius 2 is 1.74 bits per heavy atom. The van der Waals surface area contributed by atoms with Crippen molar-refractivity contribution in [2.24, 2.45) is 5.10 Å². The van der Waals surface area contributed by atoms with Crippen molar-refractivity contribution in [1.82, 2.24) is 5.43 Å². The molecule has 2 rings (SSSR count). The smallest absolute Gasteiger partial charge is 0.277 e. The maximum atomic E-state index is 11.8. The molecule has 0 aliphatic heterocycles. The molecular formula is C18H20N2O3. The molecule has 0 aliphatic carbocycles. The Bertz CT molecular complexity index is 683. The summed E-state index contributed by atoms with van der Waals surface area (Å²) in [4.78, 5) is 11.8. The van der Waals surface area contributed by atoms with Crippen LogP contribution in [0, 0.1) is 6.92 Å². The molecule has 0 unspecified atom stereocenters. The number of carbonyl (C=O) groups excluding carboxylic acids is 1. The van der Waals surface area contributed by atoms with Gasteiger partial charge in [-0.05, 0) is 37.1 Å². The molecule has 120 valence electrons. The third-order valence-electron chi connectivity index (χ3n) is 3.09. The normalized spacial score (nSPS) is 10.5. The zero-order valence-electron chi connectivity index (χ0n) is 13.3. The number of nitrogens with one attached hydrogen (secondary N) is 1. The molecule has 1 amide bonds. The Balaban J connectivity index is 1.85. The number of hydrogen-bond acceptors (Lipinski definition) is 4. The minimum absolute atomic E-state index is 0.130. The van der Waals surface area contributed by atoms with E-state index < -0.39 is 0 Å². The molecule has 2 aromatic carbocycles. The number of nitrogens with zero attached hydrogens (tertiary/aromatic N) is 1. The summed E-state index contributed by atoms with van der Waals surface area (Å²) in [7, 11) is 0. The fraction of sp³-hybridized carbons (Fsp3) is 0.222. The second-order valence-corrected chi connectivity index (χ2v) is 4.82. The van der Waals surface area contributed by atoms with Crippen LogP contribution < -0.4 is 14.9 Å². The summed E-state index contributed by atoms with van der Waals surface area (Å²) in [6.45, 7) is 4.28. The molecule has 0 spiro atoms. The van der Waals surface area contributed by atoms with Gasteiger partial charge in [0.1, 0.15) is 0 Å². The Labute approximate surface area is 135 Å². The van der Waals surface area contributed by atoms with Crippen LogP contribution in [0.2, 0.25) is 0 Å². The number of aryl methyl sites for hydroxylation is 1. The molecular weight excluding hydrogens is 292 g/mol. The van der Waals surface area contributed by atoms with Gasteiger partial charge in [-0.1, -0.05) is 36.4 Å². The molecule has 0 heterocycles. The van der Waals surface area contributed by atoms with Gasteiger partial charge in [0.2, 0.25) is 0 Å². The van der Waals surface area contributed by atoms with Crippen molar-refractivity contribution in [3.63, 3.8) is 0 Å². The average Bonchev–Trinajstić information content (AvgIpc) is 2.56. The first-order valence-electron chi connectivity index (χ1n) is 7.43. The van der Waals surface area contributed by atoms with E-state index in [-0.39, 0.29) is 12.5 Å². The van der Waals surface area contributed by atoms with E-state index in [9.17, 15) is 4.79 Å². The molecule has 5 heteroatoms. The van der Waals surface area contributed by atoms with Gasteiger partial charge in [-0.25, -0.2) is 5.43 Å². The lowest BCUT2D eigenvalue weighted by Crippen LogP contribution is -2.24. The summed E-state index contributed by atoms with van der Waals surface area (Å²) in [5, 5.41) is 3.94. The quantitative estimate of drug-likeness (QED) is 0.631. The second-order valence-electron chi connectivity index (χ2n) is 4.82. The first-order chi connectivity index (χ1) is 11.2. The number of benzene rings is 2. The number of rotatable bonds is 7. The summed E-state index contributed by atoms with van der Waals surface area (Å²) in [5.74, 6) is 0.819. The van der Waals surface area contributed by atoms with Crippen molar-refractivity contribution in [3.8, 4) is 11.5 Å². The first-order valence-corrected chi connectivity index (χ1v) is 7.43. The molecule has 0 atom stereocenters. The lowest BCUT2D eigenvalue weighted by atomic mass is 10.1. The summed E-state index contributed by atoms with van der Waals surface area (Å²) in [5.41, 5.74) is 4.49. The van der Waals surface area contributed by atoms with E-state index in [1.807, 2.05) is 50.2 Å². The highest BCUT2D eigenvalue weighted by molar-refractivity contribution is 5.84. The summed E-state index contributed by atoms with van der Waals surface area (Å²) in [6, 6.07) is 15.0. The van der Waals surface area contributed by atoms with E-state index in [0.717, 1.165) is 11.1 Å². The molecule has 23 heavy (non-hydrogen) atoms. The molecule has 0 fully saturated rings. The van der Waals surface area contributed by atoms with E-state index >= 15 is 0 Å². The van der Waals surface area contributed by atoms with Crippen LogP contribution >= 0.6 is 0 Å². The zero-order valence-corrected chi connectivity index (χ0v) is 13.3. The van der Waals surface area contributed by atoms with E-state index in [1.54, 1.807) is 18.3 Å². The lowest BCUT2D eigenvalue weighted by molar-refractivity contribution is -0.123. The van der Waals surface area contributed by atoms with Crippen LogP contribution in [-0.2, 0) is 4.79 Å². The lowest BCUT2D eigenvalue weighted by Gasteiger charge is -2.10. The predicted molar refractivity (Wildman–Crippen MR) is 90.0 cm³/mol. The van der Waals surface area contributed by atoms with Crippen molar-refractivity contribution >= 4 is 12.1 Å². The predicted octanol–water partition coefficient (Wildman–Crippen LogP) is 2.92. The van der Waals surface area contributed by atoms with Crippen LogP contribution in [0.5, 0.6) is 11.5 Å². The molecule has 5 nitrogen and oxygen atoms in total. The van der Waals surface area contributed by atoms with Crippen LogP contribution in [0.1, 0.15) is 18.1 Å². The molecule has 0 saturated heterocycles. The van der Waals surface area contributed by atoms with Crippen molar-refractivity contribution in [2.75, 3.05) is 13.2 Å². The molecule has 0 aliphatic rings. The number of para-hydroxylation sites is 2. The minimum atomic E-state index is -0.332. The third kappa shape index (κ3) is 5.14. The number of amides is 1. The van der Waals surface area contributed by atoms with Gasteiger partial charge in [0.25, 0.3) is 5.91 Å². The van der Waals surface area contributed by atoms with Crippen LogP contribution in [0.15, 0.2) is 53.6 Å². The largest absolute Gasteiger partial charge is 0.490 e. The monoisotopic (exact) mass is 312 g/mol. The second kappa shape index (κ2) is 8.58. The number of hydrazone groups is 1. The highest BCUT2D eigenvalue weighted by Crippen LogP contribution is 2.26. The van der Waals surface area contributed by atoms with Crippen molar-refractivity contribution in [1.29, 1.82) is 0 Å². The average molecular weight is 312 g/mol.